The van der Waals surface area contributed by atoms with Gasteiger partial charge in [-0.05, 0) is 24.3 Å². The molecule has 3 heterocycles. The fourth-order valence-corrected chi connectivity index (χ4v) is 2.33. The van der Waals surface area contributed by atoms with E-state index in [0.29, 0.717) is 0 Å². The summed E-state index contributed by atoms with van der Waals surface area (Å²) in [5, 5.41) is 5.51. The van der Waals surface area contributed by atoms with Crippen LogP contribution in [0.25, 0.3) is 5.57 Å². The Kier molecular flexibility index (Phi) is 1.33. The number of hydrogen-bond acceptors (Lipinski definition) is 4. The number of nitrogens with zero attached hydrogens (tertiary/aromatic N) is 2. The minimum absolute atomic E-state index is 0.202. The van der Waals surface area contributed by atoms with Crippen molar-refractivity contribution in [1.82, 2.24) is 10.4 Å². The summed E-state index contributed by atoms with van der Waals surface area (Å²) in [5.41, 5.74) is 7.91. The highest BCUT2D eigenvalue weighted by atomic mass is 15.6. The molecule has 3 aliphatic rings. The number of benzene rings is 1. The molecule has 0 aromatic heterocycles. The van der Waals surface area contributed by atoms with Crippen molar-refractivity contribution in [2.45, 2.75) is 6.17 Å². The van der Waals surface area contributed by atoms with Crippen LogP contribution in [0.15, 0.2) is 41.7 Å². The number of hydrogen-bond donors (Lipinski definition) is 2. The first-order valence-corrected chi connectivity index (χ1v) is 5.28. The third-order valence-corrected chi connectivity index (χ3v) is 3.10. The van der Waals surface area contributed by atoms with Gasteiger partial charge in [-0.15, -0.1) is 0 Å². The quantitative estimate of drug-likeness (QED) is 0.686. The lowest BCUT2D eigenvalue weighted by Gasteiger charge is -2.21. The van der Waals surface area contributed by atoms with E-state index in [4.69, 9.17) is 0 Å². The van der Waals surface area contributed by atoms with Crippen LogP contribution in [0.4, 0.5) is 11.4 Å². The first-order valence-electron chi connectivity index (χ1n) is 5.28. The van der Waals surface area contributed by atoms with Gasteiger partial charge >= 0.3 is 0 Å². The summed E-state index contributed by atoms with van der Waals surface area (Å²) in [6.45, 7) is 0. The second-order valence-electron chi connectivity index (χ2n) is 4.03. The molecule has 78 valence electrons. The van der Waals surface area contributed by atoms with E-state index in [1.807, 2.05) is 35.8 Å². The Morgan fingerprint density at radius 2 is 2.31 bits per heavy atom. The van der Waals surface area contributed by atoms with Gasteiger partial charge in [-0.2, -0.15) is 0 Å². The molecule has 2 N–H and O–H groups in total. The van der Waals surface area contributed by atoms with E-state index in [2.05, 4.69) is 27.9 Å². The Bertz CT molecular complexity index is 556. The average molecular weight is 210 g/mol. The molecule has 3 aliphatic heterocycles. The summed E-state index contributed by atoms with van der Waals surface area (Å²) in [5.74, 6) is 0. The highest BCUT2D eigenvalue weighted by Crippen LogP contribution is 2.40. The Morgan fingerprint density at radius 3 is 3.31 bits per heavy atom. The number of rotatable bonds is 0. The fraction of sp³-hybridized carbons (Fsp3) is 0.0833. The van der Waals surface area contributed by atoms with Gasteiger partial charge in [0.05, 0.1) is 5.69 Å². The van der Waals surface area contributed by atoms with Crippen molar-refractivity contribution in [3.63, 3.8) is 0 Å². The van der Waals surface area contributed by atoms with E-state index in [1.54, 1.807) is 0 Å². The van der Waals surface area contributed by atoms with E-state index in [0.717, 1.165) is 5.69 Å². The molecule has 1 unspecified atom stereocenters. The zero-order valence-corrected chi connectivity index (χ0v) is 8.51. The van der Waals surface area contributed by atoms with Gasteiger partial charge in [0.15, 0.2) is 0 Å². The van der Waals surface area contributed by atoms with Crippen LogP contribution >= 0.6 is 0 Å². The summed E-state index contributed by atoms with van der Waals surface area (Å²) in [6.07, 6.45) is 7.98. The minimum atomic E-state index is 0.202. The number of fused-ring (bicyclic) bond motifs is 1. The van der Waals surface area contributed by atoms with Crippen LogP contribution < -0.4 is 10.7 Å². The first-order chi connectivity index (χ1) is 7.92. The predicted octanol–water partition coefficient (Wildman–Crippen LogP) is 1.83. The van der Waals surface area contributed by atoms with Crippen molar-refractivity contribution in [2.75, 3.05) is 5.32 Å². The Hall–Kier alpha value is -2.23. The summed E-state index contributed by atoms with van der Waals surface area (Å²) in [4.78, 5) is 4.37. The zero-order valence-electron chi connectivity index (χ0n) is 8.51. The van der Waals surface area contributed by atoms with Crippen molar-refractivity contribution in [2.24, 2.45) is 4.99 Å². The van der Waals surface area contributed by atoms with Gasteiger partial charge in [-0.3, -0.25) is 10.0 Å². The van der Waals surface area contributed by atoms with E-state index in [-0.39, 0.29) is 6.17 Å². The van der Waals surface area contributed by atoms with Crippen molar-refractivity contribution in [3.8, 4) is 0 Å². The molecule has 0 radical (unpaired) electrons. The smallest absolute Gasteiger partial charge is 0.146 e. The molecule has 0 aliphatic carbocycles. The molecule has 0 saturated heterocycles. The highest BCUT2D eigenvalue weighted by Gasteiger charge is 2.33. The number of nitrogens with one attached hydrogen (secondary N) is 2. The van der Waals surface area contributed by atoms with Crippen molar-refractivity contribution in [3.05, 3.63) is 42.2 Å². The molecule has 4 rings (SSSR count). The highest BCUT2D eigenvalue weighted by molar-refractivity contribution is 5.89. The van der Waals surface area contributed by atoms with Crippen LogP contribution in [-0.2, 0) is 0 Å². The topological polar surface area (TPSA) is 39.7 Å². The van der Waals surface area contributed by atoms with Gasteiger partial charge in [0.2, 0.25) is 0 Å². The minimum Gasteiger partial charge on any atom is -0.360 e. The first kappa shape index (κ1) is 7.98. The number of hydrazine groups is 1. The van der Waals surface area contributed by atoms with E-state index in [1.165, 1.54) is 16.8 Å². The van der Waals surface area contributed by atoms with Crippen LogP contribution in [0.1, 0.15) is 5.56 Å². The Labute approximate surface area is 92.9 Å². The molecule has 0 fully saturated rings. The SMILES string of the molecule is C1=CN2NC=C3c4cc(ccc4NC32)N=C1. The maximum atomic E-state index is 4.37. The van der Waals surface area contributed by atoms with Crippen molar-refractivity contribution < 1.29 is 0 Å². The Balaban J connectivity index is 2.01. The number of allylic oxidation sites excluding steroid dienone is 1. The van der Waals surface area contributed by atoms with Crippen LogP contribution in [0.5, 0.6) is 0 Å². The predicted molar refractivity (Wildman–Crippen MR) is 64.1 cm³/mol. The summed E-state index contributed by atoms with van der Waals surface area (Å²) >= 11 is 0. The molecule has 16 heavy (non-hydrogen) atoms. The van der Waals surface area contributed by atoms with Crippen molar-refractivity contribution >= 4 is 23.2 Å². The lowest BCUT2D eigenvalue weighted by Crippen LogP contribution is -2.36. The van der Waals surface area contributed by atoms with Crippen LogP contribution in [-0.4, -0.2) is 17.4 Å². The molecule has 1 aromatic carbocycles. The van der Waals surface area contributed by atoms with E-state index in [9.17, 15) is 0 Å². The lowest BCUT2D eigenvalue weighted by atomic mass is 10.1. The molecule has 0 amide bonds. The maximum absolute atomic E-state index is 4.37. The van der Waals surface area contributed by atoms with Gasteiger partial charge in [-0.1, -0.05) is 0 Å². The fourth-order valence-electron chi connectivity index (χ4n) is 2.33. The lowest BCUT2D eigenvalue weighted by molar-refractivity contribution is 0.319. The molecule has 4 nitrogen and oxygen atoms in total. The molecular weight excluding hydrogens is 200 g/mol. The van der Waals surface area contributed by atoms with Crippen LogP contribution in [0.3, 0.4) is 0 Å². The molecule has 5 bridgehead atoms. The van der Waals surface area contributed by atoms with Gasteiger partial charge < -0.3 is 10.7 Å². The van der Waals surface area contributed by atoms with Crippen LogP contribution in [0, 0.1) is 0 Å². The number of aliphatic imine (C=N–C) groups is 1. The summed E-state index contributed by atoms with van der Waals surface area (Å²) in [7, 11) is 0. The average Bonchev–Trinajstić information content (AvgIpc) is 2.81. The Morgan fingerprint density at radius 1 is 1.31 bits per heavy atom. The third kappa shape index (κ3) is 0.908. The summed E-state index contributed by atoms with van der Waals surface area (Å²) in [6, 6.07) is 6.24. The third-order valence-electron chi connectivity index (χ3n) is 3.10. The molecule has 1 aromatic rings. The normalized spacial score (nSPS) is 23.1. The summed E-state index contributed by atoms with van der Waals surface area (Å²) < 4.78 is 0. The van der Waals surface area contributed by atoms with Gasteiger partial charge in [0.1, 0.15) is 6.17 Å². The van der Waals surface area contributed by atoms with Gasteiger partial charge in [-0.25, -0.2) is 0 Å². The van der Waals surface area contributed by atoms with Gasteiger partial charge in [0, 0.05) is 35.4 Å². The molecule has 1 atom stereocenters. The molecule has 4 heteroatoms. The number of anilines is 1. The zero-order chi connectivity index (χ0) is 10.5. The van der Waals surface area contributed by atoms with Crippen molar-refractivity contribution in [1.29, 1.82) is 0 Å². The van der Waals surface area contributed by atoms with E-state index >= 15 is 0 Å². The monoisotopic (exact) mass is 210 g/mol. The second-order valence-corrected chi connectivity index (χ2v) is 4.03. The van der Waals surface area contributed by atoms with Gasteiger partial charge in [0.25, 0.3) is 0 Å². The van der Waals surface area contributed by atoms with Crippen LogP contribution in [0.2, 0.25) is 0 Å². The standard InChI is InChI=1S/C12H10N4/c1-4-13-8-2-3-11-9(6-8)10-7-14-16(5-1)12(10)15-11/h1-7,12,14-15H. The molecule has 0 spiro atoms. The maximum Gasteiger partial charge on any atom is 0.146 e. The second kappa shape index (κ2) is 2.66. The molecular formula is C12H10N4. The van der Waals surface area contributed by atoms with E-state index < -0.39 is 0 Å². The largest absolute Gasteiger partial charge is 0.360 e. The molecule has 0 saturated carbocycles.